The van der Waals surface area contributed by atoms with Gasteiger partial charge in [-0.1, -0.05) is 6.92 Å². The van der Waals surface area contributed by atoms with Gasteiger partial charge in [-0.15, -0.1) is 11.3 Å². The Hall–Kier alpha value is -2.36. The summed E-state index contributed by atoms with van der Waals surface area (Å²) in [4.78, 5) is 13.7. The summed E-state index contributed by atoms with van der Waals surface area (Å²) < 4.78 is 42.8. The molecule has 10 heteroatoms. The number of rotatable bonds is 8. The lowest BCUT2D eigenvalue weighted by Gasteiger charge is -2.12. The zero-order valence-electron chi connectivity index (χ0n) is 15.1. The highest BCUT2D eigenvalue weighted by Gasteiger charge is 2.30. The molecule has 2 heterocycles. The molecule has 27 heavy (non-hydrogen) atoms. The molecule has 0 aliphatic heterocycles. The standard InChI is InChI=1S/C17H22F3N5OS/c1-3-13-10-24-15(27-13)11-25-16(21-4-2)22-7-8-26-14-6-5-12(9-23-14)17(18,19)20/h5-6,9-10H,3-4,7-8,11H2,1-2H3,(H2,21,22,25). The number of alkyl halides is 3. The number of aliphatic imine (C=N–C) groups is 1. The summed E-state index contributed by atoms with van der Waals surface area (Å²) in [5.74, 6) is 0.761. The summed E-state index contributed by atoms with van der Waals surface area (Å²) in [6.07, 6.45) is -0.831. The molecule has 0 aromatic carbocycles. The molecule has 0 bridgehead atoms. The molecule has 0 saturated heterocycles. The second-order valence-corrected chi connectivity index (χ2v) is 6.63. The van der Waals surface area contributed by atoms with Gasteiger partial charge in [0.25, 0.3) is 0 Å². The second-order valence-electron chi connectivity index (χ2n) is 5.43. The molecule has 2 aromatic heterocycles. The highest BCUT2D eigenvalue weighted by molar-refractivity contribution is 7.11. The van der Waals surface area contributed by atoms with E-state index < -0.39 is 11.7 Å². The number of pyridine rings is 1. The van der Waals surface area contributed by atoms with Gasteiger partial charge >= 0.3 is 6.18 Å². The Labute approximate surface area is 159 Å². The second kappa shape index (κ2) is 10.1. The molecule has 6 nitrogen and oxygen atoms in total. The van der Waals surface area contributed by atoms with Crippen LogP contribution in [0.4, 0.5) is 13.2 Å². The number of nitrogens with zero attached hydrogens (tertiary/aromatic N) is 3. The van der Waals surface area contributed by atoms with Gasteiger partial charge in [-0.3, -0.25) is 0 Å². The Kier molecular flexibility index (Phi) is 7.83. The summed E-state index contributed by atoms with van der Waals surface area (Å²) in [5.41, 5.74) is -0.803. The predicted molar refractivity (Wildman–Crippen MR) is 99.0 cm³/mol. The lowest BCUT2D eigenvalue weighted by atomic mass is 10.3. The van der Waals surface area contributed by atoms with Crippen LogP contribution < -0.4 is 15.4 Å². The number of guanidine groups is 1. The smallest absolute Gasteiger partial charge is 0.417 e. The van der Waals surface area contributed by atoms with Crippen LogP contribution in [0.25, 0.3) is 0 Å². The zero-order chi connectivity index (χ0) is 19.7. The number of hydrogen-bond acceptors (Lipinski definition) is 5. The number of halogens is 3. The van der Waals surface area contributed by atoms with Gasteiger partial charge in [0.05, 0.1) is 18.7 Å². The van der Waals surface area contributed by atoms with E-state index in [1.807, 2.05) is 13.1 Å². The molecule has 0 aliphatic carbocycles. The Balaban J connectivity index is 1.79. The van der Waals surface area contributed by atoms with Crippen LogP contribution in [-0.4, -0.2) is 35.6 Å². The highest BCUT2D eigenvalue weighted by atomic mass is 32.1. The number of nitrogens with one attached hydrogen (secondary N) is 2. The third-order valence-corrected chi connectivity index (χ3v) is 4.50. The van der Waals surface area contributed by atoms with E-state index in [4.69, 9.17) is 4.74 Å². The third-order valence-electron chi connectivity index (χ3n) is 3.37. The van der Waals surface area contributed by atoms with Crippen LogP contribution in [0.3, 0.4) is 0 Å². The normalized spacial score (nSPS) is 12.1. The minimum Gasteiger partial charge on any atom is -0.476 e. The molecule has 0 aliphatic rings. The van der Waals surface area contributed by atoms with E-state index in [1.54, 1.807) is 11.3 Å². The molecular weight excluding hydrogens is 379 g/mol. The van der Waals surface area contributed by atoms with Crippen molar-refractivity contribution in [1.29, 1.82) is 0 Å². The number of thiazole rings is 1. The lowest BCUT2D eigenvalue weighted by Crippen LogP contribution is -2.39. The number of ether oxygens (including phenoxy) is 1. The van der Waals surface area contributed by atoms with Gasteiger partial charge < -0.3 is 15.4 Å². The van der Waals surface area contributed by atoms with Gasteiger partial charge in [0.2, 0.25) is 5.88 Å². The average molecular weight is 401 g/mol. The van der Waals surface area contributed by atoms with Crippen molar-refractivity contribution in [2.45, 2.75) is 33.0 Å². The van der Waals surface area contributed by atoms with E-state index in [9.17, 15) is 13.2 Å². The summed E-state index contributed by atoms with van der Waals surface area (Å²) in [6.45, 7) is 5.87. The molecular formula is C17H22F3N5OS. The van der Waals surface area contributed by atoms with Gasteiger partial charge in [-0.25, -0.2) is 15.0 Å². The Morgan fingerprint density at radius 3 is 2.59 bits per heavy atom. The zero-order valence-corrected chi connectivity index (χ0v) is 16.0. The number of aromatic nitrogens is 2. The van der Waals surface area contributed by atoms with Crippen molar-refractivity contribution < 1.29 is 17.9 Å². The molecule has 0 saturated carbocycles. The van der Waals surface area contributed by atoms with Gasteiger partial charge in [-0.05, 0) is 19.4 Å². The summed E-state index contributed by atoms with van der Waals surface area (Å²) in [5, 5.41) is 7.16. The van der Waals surface area contributed by atoms with Crippen molar-refractivity contribution in [3.63, 3.8) is 0 Å². The van der Waals surface area contributed by atoms with Crippen LogP contribution >= 0.6 is 11.3 Å². The van der Waals surface area contributed by atoms with E-state index >= 15 is 0 Å². The molecule has 0 unspecified atom stereocenters. The molecule has 2 rings (SSSR count). The first-order chi connectivity index (χ1) is 12.9. The van der Waals surface area contributed by atoms with E-state index in [-0.39, 0.29) is 12.5 Å². The van der Waals surface area contributed by atoms with Crippen LogP contribution in [-0.2, 0) is 19.1 Å². The topological polar surface area (TPSA) is 71.4 Å². The first kappa shape index (κ1) is 20.9. The molecule has 0 atom stereocenters. The summed E-state index contributed by atoms with van der Waals surface area (Å²) in [7, 11) is 0. The quantitative estimate of drug-likeness (QED) is 0.404. The summed E-state index contributed by atoms with van der Waals surface area (Å²) >= 11 is 1.63. The minimum atomic E-state index is -4.40. The van der Waals surface area contributed by atoms with Crippen molar-refractivity contribution in [2.75, 3.05) is 19.7 Å². The first-order valence-electron chi connectivity index (χ1n) is 8.54. The third kappa shape index (κ3) is 7.05. The Bertz CT molecular complexity index is 731. The van der Waals surface area contributed by atoms with E-state index in [2.05, 4.69) is 32.5 Å². The SMILES string of the molecule is CCNC(=NCc1ncc(CC)s1)NCCOc1ccc(C(F)(F)F)cn1. The lowest BCUT2D eigenvalue weighted by molar-refractivity contribution is -0.137. The maximum atomic E-state index is 12.5. The predicted octanol–water partition coefficient (Wildman–Crippen LogP) is 3.25. The van der Waals surface area contributed by atoms with Crippen molar-refractivity contribution in [3.05, 3.63) is 40.0 Å². The van der Waals surface area contributed by atoms with E-state index in [0.717, 1.165) is 23.7 Å². The molecule has 0 amide bonds. The van der Waals surface area contributed by atoms with Gasteiger partial charge in [0.1, 0.15) is 11.6 Å². The number of hydrogen-bond donors (Lipinski definition) is 2. The number of aryl methyl sites for hydroxylation is 1. The van der Waals surface area contributed by atoms with Gasteiger partial charge in [-0.2, -0.15) is 13.2 Å². The average Bonchev–Trinajstić information content (AvgIpc) is 3.11. The van der Waals surface area contributed by atoms with Crippen LogP contribution in [0.2, 0.25) is 0 Å². The molecule has 2 N–H and O–H groups in total. The van der Waals surface area contributed by atoms with Crippen LogP contribution in [0.1, 0.15) is 29.3 Å². The fourth-order valence-electron chi connectivity index (χ4n) is 2.03. The highest BCUT2D eigenvalue weighted by Crippen LogP contribution is 2.29. The van der Waals surface area contributed by atoms with Gasteiger partial charge in [0, 0.05) is 29.9 Å². The first-order valence-corrected chi connectivity index (χ1v) is 9.35. The Morgan fingerprint density at radius 2 is 2.00 bits per heavy atom. The van der Waals surface area contributed by atoms with Crippen LogP contribution in [0.15, 0.2) is 29.5 Å². The van der Waals surface area contributed by atoms with E-state index in [0.29, 0.717) is 25.6 Å². The van der Waals surface area contributed by atoms with Crippen molar-refractivity contribution in [1.82, 2.24) is 20.6 Å². The minimum absolute atomic E-state index is 0.140. The van der Waals surface area contributed by atoms with Crippen molar-refractivity contribution in [3.8, 4) is 5.88 Å². The van der Waals surface area contributed by atoms with E-state index in [1.165, 1.54) is 10.9 Å². The van der Waals surface area contributed by atoms with Crippen molar-refractivity contribution >= 4 is 17.3 Å². The fourth-order valence-corrected chi connectivity index (χ4v) is 2.82. The fraction of sp³-hybridized carbons (Fsp3) is 0.471. The maximum Gasteiger partial charge on any atom is 0.417 e. The monoisotopic (exact) mass is 401 g/mol. The summed E-state index contributed by atoms with van der Waals surface area (Å²) in [6, 6.07) is 2.15. The Morgan fingerprint density at radius 1 is 1.19 bits per heavy atom. The van der Waals surface area contributed by atoms with Gasteiger partial charge in [0.15, 0.2) is 5.96 Å². The molecule has 2 aromatic rings. The molecule has 148 valence electrons. The molecule has 0 fully saturated rings. The maximum absolute atomic E-state index is 12.5. The van der Waals surface area contributed by atoms with Crippen molar-refractivity contribution in [2.24, 2.45) is 4.99 Å². The van der Waals surface area contributed by atoms with Crippen LogP contribution in [0, 0.1) is 0 Å². The molecule has 0 radical (unpaired) electrons. The van der Waals surface area contributed by atoms with Crippen LogP contribution in [0.5, 0.6) is 5.88 Å². The molecule has 0 spiro atoms. The largest absolute Gasteiger partial charge is 0.476 e.